The minimum atomic E-state index is -0.441. The molecule has 5 atom stereocenters. The molecular weight excluding hydrogens is 418 g/mol. The number of amides is 2. The van der Waals surface area contributed by atoms with E-state index in [9.17, 15) is 14.4 Å². The van der Waals surface area contributed by atoms with E-state index < -0.39 is 5.56 Å². The molecule has 2 bridgehead atoms. The van der Waals surface area contributed by atoms with Gasteiger partial charge in [0.2, 0.25) is 11.9 Å². The normalized spacial score (nSPS) is 30.7. The van der Waals surface area contributed by atoms with Crippen LogP contribution in [-0.2, 0) is 11.2 Å². The minimum absolute atomic E-state index is 0.00700. The van der Waals surface area contributed by atoms with E-state index in [0.717, 1.165) is 37.7 Å². The maximum absolute atomic E-state index is 13.9. The van der Waals surface area contributed by atoms with Gasteiger partial charge in [-0.15, -0.1) is 0 Å². The first-order chi connectivity index (χ1) is 15.8. The molecule has 2 aliphatic heterocycles. The summed E-state index contributed by atoms with van der Waals surface area (Å²) >= 11 is 0. The predicted molar refractivity (Wildman–Crippen MR) is 124 cm³/mol. The monoisotopic (exact) mass is 449 g/mol. The number of nitrogens with one attached hydrogen (secondary N) is 1. The molecule has 3 fully saturated rings. The highest BCUT2D eigenvalue weighted by atomic mass is 16.2. The number of H-pyrrole nitrogens is 1. The van der Waals surface area contributed by atoms with Crippen molar-refractivity contribution in [2.45, 2.75) is 76.5 Å². The summed E-state index contributed by atoms with van der Waals surface area (Å²) in [7, 11) is 0. The first-order valence-electron chi connectivity index (χ1n) is 11.8. The van der Waals surface area contributed by atoms with Crippen LogP contribution in [0.3, 0.4) is 0 Å². The number of anilines is 1. The molecule has 174 valence electrons. The second-order valence-corrected chi connectivity index (χ2v) is 10.0. The molecule has 0 unspecified atom stereocenters. The molecule has 0 spiro atoms. The van der Waals surface area contributed by atoms with Crippen LogP contribution in [0.1, 0.15) is 62.0 Å². The highest BCUT2D eigenvalue weighted by Gasteiger charge is 2.63. The quantitative estimate of drug-likeness (QED) is 0.747. The van der Waals surface area contributed by atoms with E-state index in [0.29, 0.717) is 6.42 Å². The van der Waals surface area contributed by atoms with Gasteiger partial charge in [-0.1, -0.05) is 50.1 Å². The summed E-state index contributed by atoms with van der Waals surface area (Å²) in [6.45, 7) is 3.89. The first kappa shape index (κ1) is 21.7. The van der Waals surface area contributed by atoms with Crippen molar-refractivity contribution in [2.24, 2.45) is 5.41 Å². The average molecular weight is 450 g/mol. The van der Waals surface area contributed by atoms with Crippen LogP contribution in [0, 0.1) is 5.41 Å². The standard InChI is InChI=1S/C25H31N5O3/c1-15(31)29-18(12-16-8-4-3-5-9-16)19-14-25(2)20(29)10-6-7-11-21(25)30(19)23(33)17-13-22(32)28-24(26)27-17/h3-5,8-9,13,18-21H,6-7,10-12,14H2,1-2H3,(H3,26,27,28,32)/t18-,19+,20-,21+,25-/m1/s1. The number of hydrogen-bond acceptors (Lipinski definition) is 5. The number of benzene rings is 1. The van der Waals surface area contributed by atoms with Gasteiger partial charge in [0.15, 0.2) is 0 Å². The van der Waals surface area contributed by atoms with Crippen molar-refractivity contribution in [1.82, 2.24) is 19.8 Å². The Morgan fingerprint density at radius 2 is 1.82 bits per heavy atom. The van der Waals surface area contributed by atoms with Crippen molar-refractivity contribution in [2.75, 3.05) is 5.73 Å². The van der Waals surface area contributed by atoms with Gasteiger partial charge in [-0.05, 0) is 31.2 Å². The molecule has 33 heavy (non-hydrogen) atoms. The summed E-state index contributed by atoms with van der Waals surface area (Å²) in [4.78, 5) is 49.6. The Morgan fingerprint density at radius 1 is 1.15 bits per heavy atom. The Kier molecular flexibility index (Phi) is 5.26. The Morgan fingerprint density at radius 3 is 2.45 bits per heavy atom. The van der Waals surface area contributed by atoms with Crippen LogP contribution in [0.25, 0.3) is 0 Å². The molecular formula is C25H31N5O3. The molecule has 3 N–H and O–H groups in total. The summed E-state index contributed by atoms with van der Waals surface area (Å²) < 4.78 is 0. The summed E-state index contributed by atoms with van der Waals surface area (Å²) in [6, 6.07) is 11.2. The maximum Gasteiger partial charge on any atom is 0.273 e. The number of rotatable bonds is 3. The van der Waals surface area contributed by atoms with Crippen molar-refractivity contribution in [3.63, 3.8) is 0 Å². The maximum atomic E-state index is 13.9. The Balaban J connectivity index is 1.62. The fraction of sp³-hybridized carbons (Fsp3) is 0.520. The molecule has 0 radical (unpaired) electrons. The van der Waals surface area contributed by atoms with Crippen molar-refractivity contribution in [3.8, 4) is 0 Å². The number of hydrogen-bond donors (Lipinski definition) is 2. The van der Waals surface area contributed by atoms with E-state index in [-0.39, 0.29) is 53.0 Å². The molecule has 2 amide bonds. The molecule has 3 heterocycles. The largest absolute Gasteiger partial charge is 0.369 e. The van der Waals surface area contributed by atoms with Crippen molar-refractivity contribution in [1.29, 1.82) is 0 Å². The third-order valence-electron chi connectivity index (χ3n) is 8.07. The summed E-state index contributed by atoms with van der Waals surface area (Å²) in [6.07, 6.45) is 5.39. The fourth-order valence-corrected chi connectivity index (χ4v) is 6.81. The van der Waals surface area contributed by atoms with Gasteiger partial charge in [0, 0.05) is 30.5 Å². The number of nitrogen functional groups attached to an aromatic ring is 1. The van der Waals surface area contributed by atoms with Crippen LogP contribution in [0.15, 0.2) is 41.2 Å². The zero-order valence-corrected chi connectivity index (χ0v) is 19.2. The van der Waals surface area contributed by atoms with E-state index in [1.807, 2.05) is 23.1 Å². The second kappa shape index (κ2) is 8.01. The number of nitrogens with zero attached hydrogens (tertiary/aromatic N) is 3. The van der Waals surface area contributed by atoms with Gasteiger partial charge < -0.3 is 15.5 Å². The highest BCUT2D eigenvalue weighted by molar-refractivity contribution is 5.93. The smallest absolute Gasteiger partial charge is 0.273 e. The van der Waals surface area contributed by atoms with Crippen molar-refractivity contribution < 1.29 is 9.59 Å². The summed E-state index contributed by atoms with van der Waals surface area (Å²) in [5.74, 6) is -0.273. The number of likely N-dealkylation sites (tertiary alicyclic amines) is 2. The molecule has 2 aromatic rings. The van der Waals surface area contributed by atoms with Crippen LogP contribution in [-0.4, -0.2) is 55.7 Å². The van der Waals surface area contributed by atoms with Crippen molar-refractivity contribution >= 4 is 17.8 Å². The van der Waals surface area contributed by atoms with E-state index in [1.54, 1.807) is 6.92 Å². The molecule has 3 aliphatic rings. The van der Waals surface area contributed by atoms with E-state index in [4.69, 9.17) is 5.73 Å². The number of aromatic nitrogens is 2. The van der Waals surface area contributed by atoms with E-state index >= 15 is 0 Å². The van der Waals surface area contributed by atoms with Crippen LogP contribution >= 0.6 is 0 Å². The number of carbonyl (C=O) groups is 2. The number of aromatic amines is 1. The van der Waals surface area contributed by atoms with E-state index in [2.05, 4.69) is 33.9 Å². The van der Waals surface area contributed by atoms with Gasteiger partial charge in [-0.3, -0.25) is 19.4 Å². The number of piperidine rings is 1. The molecule has 8 heteroatoms. The van der Waals surface area contributed by atoms with Crippen LogP contribution < -0.4 is 11.3 Å². The highest BCUT2D eigenvalue weighted by Crippen LogP contribution is 2.55. The fourth-order valence-electron chi connectivity index (χ4n) is 6.81. The lowest BCUT2D eigenvalue weighted by molar-refractivity contribution is -0.141. The molecule has 1 saturated carbocycles. The van der Waals surface area contributed by atoms with Crippen LogP contribution in [0.2, 0.25) is 0 Å². The topological polar surface area (TPSA) is 112 Å². The third kappa shape index (κ3) is 3.52. The zero-order chi connectivity index (χ0) is 23.3. The predicted octanol–water partition coefficient (Wildman–Crippen LogP) is 2.36. The molecule has 1 aromatic carbocycles. The Labute approximate surface area is 193 Å². The third-order valence-corrected chi connectivity index (χ3v) is 8.07. The summed E-state index contributed by atoms with van der Waals surface area (Å²) in [5.41, 5.74) is 6.33. The molecule has 5 rings (SSSR count). The van der Waals surface area contributed by atoms with Gasteiger partial charge >= 0.3 is 0 Å². The Hall–Kier alpha value is -3.16. The van der Waals surface area contributed by atoms with Gasteiger partial charge in [0.1, 0.15) is 5.69 Å². The lowest BCUT2D eigenvalue weighted by atomic mass is 9.69. The zero-order valence-electron chi connectivity index (χ0n) is 19.2. The van der Waals surface area contributed by atoms with Gasteiger partial charge in [-0.25, -0.2) is 4.98 Å². The molecule has 1 aromatic heterocycles. The number of carbonyl (C=O) groups excluding carboxylic acids is 2. The minimum Gasteiger partial charge on any atom is -0.369 e. The molecule has 1 aliphatic carbocycles. The lowest BCUT2D eigenvalue weighted by Crippen LogP contribution is -2.61. The Bertz CT molecular complexity index is 1130. The van der Waals surface area contributed by atoms with Gasteiger partial charge in [0.25, 0.3) is 11.5 Å². The number of fused-ring (bicyclic) bond motifs is 1. The summed E-state index contributed by atoms with van der Waals surface area (Å²) in [5, 5.41) is 0. The van der Waals surface area contributed by atoms with Crippen LogP contribution in [0.5, 0.6) is 0 Å². The number of nitrogens with two attached hydrogens (primary N) is 1. The lowest BCUT2D eigenvalue weighted by Gasteiger charge is -2.50. The van der Waals surface area contributed by atoms with Crippen LogP contribution in [0.4, 0.5) is 5.95 Å². The molecule has 8 nitrogen and oxygen atoms in total. The second-order valence-electron chi connectivity index (χ2n) is 10.0. The van der Waals surface area contributed by atoms with E-state index in [1.165, 1.54) is 6.07 Å². The SMILES string of the molecule is CC(=O)N1[C@H](Cc2ccccc2)[C@@H]2C[C@@]3(C)[C@H](CCCC[C@@H]13)N2C(=O)c1cc(=O)[nH]c(N)n1. The average Bonchev–Trinajstić information content (AvgIpc) is 2.91. The van der Waals surface area contributed by atoms with Gasteiger partial charge in [-0.2, -0.15) is 0 Å². The first-order valence-corrected chi connectivity index (χ1v) is 11.8. The van der Waals surface area contributed by atoms with Gasteiger partial charge in [0.05, 0.1) is 12.1 Å². The van der Waals surface area contributed by atoms with Crippen molar-refractivity contribution in [3.05, 3.63) is 58.0 Å². The molecule has 2 saturated heterocycles.